The zero-order chi connectivity index (χ0) is 17.6. The number of ether oxygens (including phenoxy) is 1. The van der Waals surface area contributed by atoms with Crippen LogP contribution >= 0.6 is 0 Å². The van der Waals surface area contributed by atoms with Crippen LogP contribution in [-0.2, 0) is 15.7 Å². The van der Waals surface area contributed by atoms with E-state index < -0.39 is 17.6 Å². The number of alkyl halides is 3. The van der Waals surface area contributed by atoms with Gasteiger partial charge in [0.1, 0.15) is 0 Å². The molecule has 1 aromatic carbocycles. The molecule has 1 aliphatic rings. The second kappa shape index (κ2) is 7.85. The van der Waals surface area contributed by atoms with E-state index in [9.17, 15) is 22.8 Å². The van der Waals surface area contributed by atoms with Gasteiger partial charge in [-0.05, 0) is 37.1 Å². The lowest BCUT2D eigenvalue weighted by atomic mass is 10.1. The minimum atomic E-state index is -4.43. The Morgan fingerprint density at radius 3 is 2.21 bits per heavy atom. The maximum atomic E-state index is 12.4. The molecule has 0 unspecified atom stereocenters. The van der Waals surface area contributed by atoms with Crippen molar-refractivity contribution in [1.82, 2.24) is 10.6 Å². The molecule has 1 heterocycles. The van der Waals surface area contributed by atoms with Gasteiger partial charge in [-0.2, -0.15) is 13.2 Å². The Labute approximate surface area is 136 Å². The molecule has 1 aromatic rings. The van der Waals surface area contributed by atoms with Crippen LogP contribution in [0.1, 0.15) is 28.8 Å². The number of rotatable bonds is 5. The second-order valence-electron chi connectivity index (χ2n) is 5.20. The van der Waals surface area contributed by atoms with Crippen LogP contribution in [0.15, 0.2) is 36.1 Å². The Bertz CT molecular complexity index is 624. The standard InChI is InChI=1S/C16H17F3N2O3/c17-16(18,19)13-5-3-11(4-6-13)14(22)20-7-8-21-15(23)12-2-1-9-24-10-12/h3-6,10H,1-2,7-9H2,(H,20,22)(H,21,23). The van der Waals surface area contributed by atoms with Crippen LogP contribution in [0.2, 0.25) is 0 Å². The Kier molecular flexibility index (Phi) is 5.83. The highest BCUT2D eigenvalue weighted by Crippen LogP contribution is 2.29. The molecule has 2 amide bonds. The van der Waals surface area contributed by atoms with Crippen molar-refractivity contribution >= 4 is 11.8 Å². The second-order valence-corrected chi connectivity index (χ2v) is 5.20. The maximum Gasteiger partial charge on any atom is 0.416 e. The van der Waals surface area contributed by atoms with E-state index in [-0.39, 0.29) is 24.6 Å². The summed E-state index contributed by atoms with van der Waals surface area (Å²) in [6.07, 6.45) is -1.58. The lowest BCUT2D eigenvalue weighted by Crippen LogP contribution is -2.35. The Hall–Kier alpha value is -2.51. The first-order valence-electron chi connectivity index (χ1n) is 7.42. The first-order valence-corrected chi connectivity index (χ1v) is 7.42. The van der Waals surface area contributed by atoms with Crippen LogP contribution in [0.3, 0.4) is 0 Å². The minimum absolute atomic E-state index is 0.123. The van der Waals surface area contributed by atoms with E-state index in [0.29, 0.717) is 18.6 Å². The largest absolute Gasteiger partial charge is 0.501 e. The molecule has 0 aliphatic carbocycles. The number of carbonyl (C=O) groups is 2. The van der Waals surface area contributed by atoms with E-state index >= 15 is 0 Å². The molecule has 0 radical (unpaired) electrons. The predicted octanol–water partition coefficient (Wildman–Crippen LogP) is 2.25. The summed E-state index contributed by atoms with van der Waals surface area (Å²) in [6, 6.07) is 3.93. The lowest BCUT2D eigenvalue weighted by molar-refractivity contribution is -0.137. The third-order valence-electron chi connectivity index (χ3n) is 3.40. The minimum Gasteiger partial charge on any atom is -0.501 e. The van der Waals surface area contributed by atoms with Gasteiger partial charge in [-0.25, -0.2) is 0 Å². The molecule has 1 aliphatic heterocycles. The third kappa shape index (κ3) is 5.00. The zero-order valence-corrected chi connectivity index (χ0v) is 12.8. The normalized spacial score (nSPS) is 14.4. The highest BCUT2D eigenvalue weighted by Gasteiger charge is 2.30. The molecule has 0 saturated heterocycles. The van der Waals surface area contributed by atoms with Gasteiger partial charge in [0.25, 0.3) is 5.91 Å². The molecule has 2 rings (SSSR count). The molecule has 0 atom stereocenters. The molecular weight excluding hydrogens is 325 g/mol. The SMILES string of the molecule is O=C(NCCNC(=O)c1ccc(C(F)(F)F)cc1)C1=COCCC1. The Morgan fingerprint density at radius 2 is 1.67 bits per heavy atom. The predicted molar refractivity (Wildman–Crippen MR) is 80.1 cm³/mol. The van der Waals surface area contributed by atoms with Crippen molar-refractivity contribution in [3.8, 4) is 0 Å². The smallest absolute Gasteiger partial charge is 0.416 e. The van der Waals surface area contributed by atoms with Gasteiger partial charge < -0.3 is 15.4 Å². The zero-order valence-electron chi connectivity index (χ0n) is 12.8. The van der Waals surface area contributed by atoms with Crippen LogP contribution in [0.4, 0.5) is 13.2 Å². The van der Waals surface area contributed by atoms with Crippen LogP contribution < -0.4 is 10.6 Å². The molecule has 2 N–H and O–H groups in total. The van der Waals surface area contributed by atoms with E-state index in [1.165, 1.54) is 6.26 Å². The number of nitrogens with one attached hydrogen (secondary N) is 2. The van der Waals surface area contributed by atoms with Crippen LogP contribution in [0.25, 0.3) is 0 Å². The van der Waals surface area contributed by atoms with E-state index in [0.717, 1.165) is 30.7 Å². The molecule has 5 nitrogen and oxygen atoms in total. The molecule has 0 spiro atoms. The summed E-state index contributed by atoms with van der Waals surface area (Å²) in [4.78, 5) is 23.6. The van der Waals surface area contributed by atoms with Crippen LogP contribution in [0.5, 0.6) is 0 Å². The van der Waals surface area contributed by atoms with Crippen molar-refractivity contribution in [3.05, 3.63) is 47.2 Å². The van der Waals surface area contributed by atoms with Crippen LogP contribution in [0, 0.1) is 0 Å². The third-order valence-corrected chi connectivity index (χ3v) is 3.40. The van der Waals surface area contributed by atoms with E-state index in [1.54, 1.807) is 0 Å². The maximum absolute atomic E-state index is 12.4. The van der Waals surface area contributed by atoms with Crippen molar-refractivity contribution in [1.29, 1.82) is 0 Å². The van der Waals surface area contributed by atoms with E-state index in [4.69, 9.17) is 4.74 Å². The summed E-state index contributed by atoms with van der Waals surface area (Å²) in [6.45, 7) is 0.974. The van der Waals surface area contributed by atoms with Crippen molar-refractivity contribution < 1.29 is 27.5 Å². The molecule has 130 valence electrons. The quantitative estimate of drug-likeness (QED) is 0.807. The average molecular weight is 342 g/mol. The number of amides is 2. The topological polar surface area (TPSA) is 67.4 Å². The average Bonchev–Trinajstić information content (AvgIpc) is 2.58. The number of carbonyl (C=O) groups excluding carboxylic acids is 2. The summed E-state index contributed by atoms with van der Waals surface area (Å²) >= 11 is 0. The monoisotopic (exact) mass is 342 g/mol. The number of benzene rings is 1. The summed E-state index contributed by atoms with van der Waals surface area (Å²) in [5, 5.41) is 5.17. The van der Waals surface area contributed by atoms with Crippen molar-refractivity contribution in [3.63, 3.8) is 0 Å². The molecule has 24 heavy (non-hydrogen) atoms. The van der Waals surface area contributed by atoms with Crippen molar-refractivity contribution in [2.24, 2.45) is 0 Å². The fraction of sp³-hybridized carbons (Fsp3) is 0.375. The molecule has 0 fully saturated rings. The fourth-order valence-corrected chi connectivity index (χ4v) is 2.11. The summed E-state index contributed by atoms with van der Waals surface area (Å²) in [5.74, 6) is -0.753. The van der Waals surface area contributed by atoms with E-state index in [2.05, 4.69) is 10.6 Å². The molecule has 8 heteroatoms. The molecule has 0 saturated carbocycles. The van der Waals surface area contributed by atoms with E-state index in [1.807, 2.05) is 0 Å². The van der Waals surface area contributed by atoms with Crippen molar-refractivity contribution in [2.45, 2.75) is 19.0 Å². The molecule has 0 bridgehead atoms. The molecule has 0 aromatic heterocycles. The summed E-state index contributed by atoms with van der Waals surface area (Å²) in [5.41, 5.74) is -0.137. The van der Waals surface area contributed by atoms with Gasteiger partial charge in [-0.15, -0.1) is 0 Å². The first-order chi connectivity index (χ1) is 11.4. The van der Waals surface area contributed by atoms with Gasteiger partial charge in [0.2, 0.25) is 5.91 Å². The van der Waals surface area contributed by atoms with Gasteiger partial charge in [-0.3, -0.25) is 9.59 Å². The highest BCUT2D eigenvalue weighted by molar-refractivity contribution is 5.94. The van der Waals surface area contributed by atoms with Crippen LogP contribution in [-0.4, -0.2) is 31.5 Å². The van der Waals surface area contributed by atoms with Gasteiger partial charge in [0.05, 0.1) is 24.0 Å². The Balaban J connectivity index is 1.75. The van der Waals surface area contributed by atoms with Gasteiger partial charge in [-0.1, -0.05) is 0 Å². The van der Waals surface area contributed by atoms with Crippen molar-refractivity contribution in [2.75, 3.05) is 19.7 Å². The summed E-state index contributed by atoms with van der Waals surface area (Å²) < 4.78 is 42.4. The Morgan fingerprint density at radius 1 is 1.04 bits per heavy atom. The van der Waals surface area contributed by atoms with Gasteiger partial charge >= 0.3 is 6.18 Å². The van der Waals surface area contributed by atoms with Gasteiger partial charge in [0.15, 0.2) is 0 Å². The molecular formula is C16H17F3N2O3. The number of hydrogen-bond donors (Lipinski definition) is 2. The number of halogens is 3. The highest BCUT2D eigenvalue weighted by atomic mass is 19.4. The fourth-order valence-electron chi connectivity index (χ4n) is 2.11. The lowest BCUT2D eigenvalue weighted by Gasteiger charge is -2.13. The van der Waals surface area contributed by atoms with Gasteiger partial charge in [0, 0.05) is 18.7 Å². The summed E-state index contributed by atoms with van der Waals surface area (Å²) in [7, 11) is 0. The first kappa shape index (κ1) is 17.8. The number of hydrogen-bond acceptors (Lipinski definition) is 3.